The fourth-order valence-electron chi connectivity index (χ4n) is 1.31. The summed E-state index contributed by atoms with van der Waals surface area (Å²) in [5.41, 5.74) is 5.50. The molecule has 104 valence electrons. The molecule has 0 saturated carbocycles. The van der Waals surface area contributed by atoms with Crippen LogP contribution in [0.3, 0.4) is 0 Å². The first-order valence-electron chi connectivity index (χ1n) is 5.72. The van der Waals surface area contributed by atoms with Crippen molar-refractivity contribution >= 4 is 12.0 Å². The van der Waals surface area contributed by atoms with Gasteiger partial charge in [0, 0.05) is 7.05 Å². The van der Waals surface area contributed by atoms with Crippen LogP contribution in [0, 0.1) is 0 Å². The number of ether oxygens (including phenoxy) is 1. The lowest BCUT2D eigenvalue weighted by atomic mass is 10.2. The third-order valence-corrected chi connectivity index (χ3v) is 2.25. The number of carbonyl (C=O) groups excluding carboxylic acids is 2. The molecule has 19 heavy (non-hydrogen) atoms. The van der Waals surface area contributed by atoms with Crippen molar-refractivity contribution in [2.24, 2.45) is 0 Å². The zero-order valence-corrected chi connectivity index (χ0v) is 10.6. The number of carbonyl (C=O) groups is 2. The van der Waals surface area contributed by atoms with Crippen molar-refractivity contribution in [3.05, 3.63) is 35.9 Å². The Morgan fingerprint density at radius 3 is 2.58 bits per heavy atom. The largest absolute Gasteiger partial charge is 0.445 e. The Morgan fingerprint density at radius 1 is 1.32 bits per heavy atom. The fourth-order valence-corrected chi connectivity index (χ4v) is 1.31. The highest BCUT2D eigenvalue weighted by Gasteiger charge is 2.19. The van der Waals surface area contributed by atoms with Gasteiger partial charge in [0.15, 0.2) is 0 Å². The number of hydrazine groups is 1. The quantitative estimate of drug-likeness (QED) is 0.522. The van der Waals surface area contributed by atoms with Gasteiger partial charge in [-0.25, -0.2) is 10.2 Å². The van der Waals surface area contributed by atoms with E-state index >= 15 is 0 Å². The Hall–Kier alpha value is -2.12. The van der Waals surface area contributed by atoms with E-state index in [1.165, 1.54) is 7.05 Å². The Labute approximate surface area is 110 Å². The first-order chi connectivity index (χ1) is 9.17. The maximum absolute atomic E-state index is 11.4. The van der Waals surface area contributed by atoms with Crippen LogP contribution in [0.4, 0.5) is 4.79 Å². The van der Waals surface area contributed by atoms with Gasteiger partial charge in [0.05, 0.1) is 6.61 Å². The first kappa shape index (κ1) is 14.9. The topological polar surface area (TPSA) is 99.7 Å². The number of alkyl carbamates (subject to hydrolysis) is 1. The molecule has 0 heterocycles. The minimum atomic E-state index is -1.06. The van der Waals surface area contributed by atoms with Crippen LogP contribution in [0.25, 0.3) is 0 Å². The number of hydrogen-bond acceptors (Lipinski definition) is 5. The third-order valence-electron chi connectivity index (χ3n) is 2.25. The number of nitrogens with one attached hydrogen (secondary N) is 3. The Bertz CT molecular complexity index is 411. The van der Waals surface area contributed by atoms with Crippen molar-refractivity contribution in [3.8, 4) is 0 Å². The molecule has 4 N–H and O–H groups in total. The number of hydrogen-bond donors (Lipinski definition) is 4. The van der Waals surface area contributed by atoms with Crippen LogP contribution in [-0.2, 0) is 16.1 Å². The maximum atomic E-state index is 11.4. The molecule has 0 aliphatic rings. The monoisotopic (exact) mass is 267 g/mol. The van der Waals surface area contributed by atoms with Gasteiger partial charge in [0.25, 0.3) is 5.91 Å². The molecule has 2 amide bonds. The van der Waals surface area contributed by atoms with Gasteiger partial charge in [-0.2, -0.15) is 0 Å². The van der Waals surface area contributed by atoms with E-state index in [4.69, 9.17) is 9.84 Å². The van der Waals surface area contributed by atoms with Crippen molar-refractivity contribution in [2.45, 2.75) is 12.6 Å². The van der Waals surface area contributed by atoms with Crippen LogP contribution < -0.4 is 16.2 Å². The number of aliphatic hydroxyl groups is 1. The first-order valence-corrected chi connectivity index (χ1v) is 5.72. The number of rotatable bonds is 6. The van der Waals surface area contributed by atoms with E-state index in [0.717, 1.165) is 5.56 Å². The molecular formula is C12H17N3O4. The summed E-state index contributed by atoms with van der Waals surface area (Å²) in [6.45, 7) is -0.424. The van der Waals surface area contributed by atoms with Gasteiger partial charge in [-0.05, 0) is 5.56 Å². The van der Waals surface area contributed by atoms with Crippen LogP contribution in [0.1, 0.15) is 5.56 Å². The molecule has 0 spiro atoms. The number of aliphatic hydroxyl groups excluding tert-OH is 1. The lowest BCUT2D eigenvalue weighted by Gasteiger charge is -2.15. The summed E-state index contributed by atoms with van der Waals surface area (Å²) >= 11 is 0. The minimum absolute atomic E-state index is 0.0957. The van der Waals surface area contributed by atoms with Crippen LogP contribution in [0.2, 0.25) is 0 Å². The summed E-state index contributed by atoms with van der Waals surface area (Å²) in [6.07, 6.45) is -0.769. The molecule has 7 heteroatoms. The lowest BCUT2D eigenvalue weighted by molar-refractivity contribution is -0.124. The zero-order chi connectivity index (χ0) is 14.1. The number of amides is 2. The van der Waals surface area contributed by atoms with E-state index in [0.29, 0.717) is 0 Å². The minimum Gasteiger partial charge on any atom is -0.445 e. The van der Waals surface area contributed by atoms with E-state index < -0.39 is 24.6 Å². The highest BCUT2D eigenvalue weighted by atomic mass is 16.5. The molecule has 0 fully saturated rings. The van der Waals surface area contributed by atoms with Crippen LogP contribution in [-0.4, -0.2) is 36.8 Å². The molecule has 0 saturated heterocycles. The van der Waals surface area contributed by atoms with Crippen molar-refractivity contribution < 1.29 is 19.4 Å². The second-order valence-electron chi connectivity index (χ2n) is 3.68. The van der Waals surface area contributed by atoms with E-state index in [1.54, 1.807) is 0 Å². The standard InChI is InChI=1S/C12H17N3O4/c1-13-15-11(17)10(7-16)14-12(18)19-8-9-5-3-2-4-6-9/h2-6,10,13,16H,7-8H2,1H3,(H,14,18)(H,15,17). The van der Waals surface area contributed by atoms with Crippen LogP contribution in [0.15, 0.2) is 30.3 Å². The van der Waals surface area contributed by atoms with Gasteiger partial charge in [0.2, 0.25) is 0 Å². The third kappa shape index (κ3) is 5.36. The molecule has 1 rings (SSSR count). The van der Waals surface area contributed by atoms with E-state index in [-0.39, 0.29) is 6.61 Å². The van der Waals surface area contributed by atoms with Gasteiger partial charge >= 0.3 is 6.09 Å². The summed E-state index contributed by atoms with van der Waals surface area (Å²) in [7, 11) is 1.50. The summed E-state index contributed by atoms with van der Waals surface area (Å²) in [4.78, 5) is 22.8. The van der Waals surface area contributed by atoms with Crippen LogP contribution in [0.5, 0.6) is 0 Å². The molecule has 1 unspecified atom stereocenters. The molecule has 0 aromatic heterocycles. The maximum Gasteiger partial charge on any atom is 0.408 e. The Kier molecular flexibility index (Phi) is 6.34. The summed E-state index contributed by atoms with van der Waals surface area (Å²) in [5.74, 6) is -0.554. The highest BCUT2D eigenvalue weighted by molar-refractivity contribution is 5.85. The molecule has 1 aromatic carbocycles. The average molecular weight is 267 g/mol. The smallest absolute Gasteiger partial charge is 0.408 e. The molecule has 0 aliphatic carbocycles. The predicted molar refractivity (Wildman–Crippen MR) is 67.8 cm³/mol. The molecule has 0 aliphatic heterocycles. The zero-order valence-electron chi connectivity index (χ0n) is 10.6. The second-order valence-corrected chi connectivity index (χ2v) is 3.68. The summed E-state index contributed by atoms with van der Waals surface area (Å²) in [5, 5.41) is 11.3. The molecular weight excluding hydrogens is 250 g/mol. The SMILES string of the molecule is CNNC(=O)C(CO)NC(=O)OCc1ccccc1. The van der Waals surface area contributed by atoms with Crippen LogP contribution >= 0.6 is 0 Å². The molecule has 1 atom stereocenters. The lowest BCUT2D eigenvalue weighted by Crippen LogP contribution is -2.51. The summed E-state index contributed by atoms with van der Waals surface area (Å²) < 4.78 is 4.93. The molecule has 7 nitrogen and oxygen atoms in total. The number of benzene rings is 1. The van der Waals surface area contributed by atoms with Gasteiger partial charge in [0.1, 0.15) is 12.6 Å². The molecule has 0 radical (unpaired) electrons. The Morgan fingerprint density at radius 2 is 2.00 bits per heavy atom. The van der Waals surface area contributed by atoms with Gasteiger partial charge in [-0.3, -0.25) is 10.2 Å². The van der Waals surface area contributed by atoms with E-state index in [9.17, 15) is 9.59 Å². The van der Waals surface area contributed by atoms with Gasteiger partial charge in [-0.1, -0.05) is 30.3 Å². The average Bonchev–Trinajstić information content (AvgIpc) is 2.44. The highest BCUT2D eigenvalue weighted by Crippen LogP contribution is 2.00. The van der Waals surface area contributed by atoms with Gasteiger partial charge < -0.3 is 15.2 Å². The molecule has 0 bridgehead atoms. The van der Waals surface area contributed by atoms with Crippen molar-refractivity contribution in [3.63, 3.8) is 0 Å². The normalized spacial score (nSPS) is 11.5. The fraction of sp³-hybridized carbons (Fsp3) is 0.333. The molecule has 1 aromatic rings. The Balaban J connectivity index is 2.39. The van der Waals surface area contributed by atoms with Crippen molar-refractivity contribution in [2.75, 3.05) is 13.7 Å². The van der Waals surface area contributed by atoms with Crippen molar-refractivity contribution in [1.82, 2.24) is 16.2 Å². The van der Waals surface area contributed by atoms with E-state index in [2.05, 4.69) is 16.2 Å². The van der Waals surface area contributed by atoms with E-state index in [1.807, 2.05) is 30.3 Å². The summed E-state index contributed by atoms with van der Waals surface area (Å²) in [6, 6.07) is 8.07. The van der Waals surface area contributed by atoms with Crippen molar-refractivity contribution in [1.29, 1.82) is 0 Å². The van der Waals surface area contributed by atoms with Gasteiger partial charge in [-0.15, -0.1) is 0 Å². The predicted octanol–water partition coefficient (Wildman–Crippen LogP) is -0.476. The second kappa shape index (κ2) is 8.06.